The van der Waals surface area contributed by atoms with Gasteiger partial charge in [-0.2, -0.15) is 0 Å². The summed E-state index contributed by atoms with van der Waals surface area (Å²) in [5.41, 5.74) is 28.7. The molecule has 0 saturated carbocycles. The zero-order valence-corrected chi connectivity index (χ0v) is 60.5. The largest absolute Gasteiger partial charge is 0.454 e. The monoisotopic (exact) mass is 1430 g/mol. The SMILES string of the molecule is c1ccc(-c2ccc(N(c3ccc(-c4cccc5c4oc4c6ccccc6n(-c6ccccc6)c54)cc3)c3cccc4c3oc3ccccc34)cc2)cc1.c1ccc(-n2c3ccccc3c3oc4c(-c5ccc(N(c6ccc(-c7cccc8ccccc78)cc6)c6cccc7c6oc6ccccc67)cc5)cccc4c32)cc1. The Morgan fingerprint density at radius 2 is 0.509 bits per heavy atom. The van der Waals surface area contributed by atoms with Gasteiger partial charge in [0.25, 0.3) is 0 Å². The minimum absolute atomic E-state index is 0.851. The topological polar surface area (TPSA) is 68.9 Å². The zero-order valence-electron chi connectivity index (χ0n) is 60.5. The van der Waals surface area contributed by atoms with Gasteiger partial charge in [-0.05, 0) is 178 Å². The fourth-order valence-corrected chi connectivity index (χ4v) is 17.1. The summed E-state index contributed by atoms with van der Waals surface area (Å²) in [6.45, 7) is 0. The van der Waals surface area contributed by atoms with E-state index < -0.39 is 0 Å². The summed E-state index contributed by atoms with van der Waals surface area (Å²) in [6.07, 6.45) is 0. The van der Waals surface area contributed by atoms with Gasteiger partial charge < -0.3 is 36.6 Å². The van der Waals surface area contributed by atoms with E-state index in [4.69, 9.17) is 17.7 Å². The summed E-state index contributed by atoms with van der Waals surface area (Å²) < 4.78 is 31.6. The van der Waals surface area contributed by atoms with Crippen LogP contribution in [0.5, 0.6) is 0 Å². The Balaban J connectivity index is 0.000000138. The summed E-state index contributed by atoms with van der Waals surface area (Å²) in [7, 11) is 0. The lowest BCUT2D eigenvalue weighted by molar-refractivity contribution is 0.668. The highest BCUT2D eigenvalue weighted by atomic mass is 16.3. The van der Waals surface area contributed by atoms with Crippen molar-refractivity contribution in [3.8, 4) is 55.9 Å². The Morgan fingerprint density at radius 3 is 0.973 bits per heavy atom. The molecule has 0 radical (unpaired) electrons. The van der Waals surface area contributed by atoms with Crippen LogP contribution in [0.1, 0.15) is 0 Å². The third-order valence-corrected chi connectivity index (χ3v) is 22.2. The third kappa shape index (κ3) is 10.5. The second-order valence-electron chi connectivity index (χ2n) is 28.6. The van der Waals surface area contributed by atoms with E-state index in [9.17, 15) is 0 Å². The highest BCUT2D eigenvalue weighted by molar-refractivity contribution is 6.21. The van der Waals surface area contributed by atoms with Crippen LogP contribution in [0.25, 0.3) is 176 Å². The lowest BCUT2D eigenvalue weighted by Crippen LogP contribution is -2.10. The molecule has 6 aromatic heterocycles. The van der Waals surface area contributed by atoms with Crippen LogP contribution in [0, 0.1) is 0 Å². The fourth-order valence-electron chi connectivity index (χ4n) is 17.1. The van der Waals surface area contributed by atoms with Gasteiger partial charge in [-0.15, -0.1) is 0 Å². The Hall–Kier alpha value is -15.1. The van der Waals surface area contributed by atoms with Gasteiger partial charge >= 0.3 is 0 Å². The molecule has 0 bridgehead atoms. The molecular formula is C104H66N4O4. The lowest BCUT2D eigenvalue weighted by Gasteiger charge is -2.26. The number of aromatic nitrogens is 2. The average molecular weight is 1440 g/mol. The van der Waals surface area contributed by atoms with Gasteiger partial charge in [-0.1, -0.05) is 267 Å². The van der Waals surface area contributed by atoms with Gasteiger partial charge in [-0.3, -0.25) is 0 Å². The number of hydrogen-bond donors (Lipinski definition) is 0. The van der Waals surface area contributed by atoms with Crippen molar-refractivity contribution < 1.29 is 17.7 Å². The van der Waals surface area contributed by atoms with Crippen molar-refractivity contribution in [2.45, 2.75) is 0 Å². The molecule has 0 aliphatic rings. The molecule has 8 heteroatoms. The molecule has 0 aliphatic carbocycles. The molecule has 6 heterocycles. The maximum absolute atomic E-state index is 6.88. The molecular weight excluding hydrogens is 1370 g/mol. The summed E-state index contributed by atoms with van der Waals surface area (Å²) in [5, 5.41) is 11.2. The highest BCUT2D eigenvalue weighted by Crippen LogP contribution is 2.49. The van der Waals surface area contributed by atoms with E-state index in [-0.39, 0.29) is 0 Å². The van der Waals surface area contributed by atoms with Gasteiger partial charge in [0.15, 0.2) is 22.3 Å². The van der Waals surface area contributed by atoms with E-state index in [0.29, 0.717) is 0 Å². The van der Waals surface area contributed by atoms with Crippen molar-refractivity contribution in [2.75, 3.05) is 9.80 Å². The molecule has 8 nitrogen and oxygen atoms in total. The fraction of sp³-hybridized carbons (Fsp3) is 0. The number of fused-ring (bicyclic) bond motifs is 17. The van der Waals surface area contributed by atoms with Crippen LogP contribution < -0.4 is 9.80 Å². The molecule has 526 valence electrons. The average Bonchev–Trinajstić information content (AvgIpc) is 1.56. The zero-order chi connectivity index (χ0) is 73.7. The molecule has 0 atom stereocenters. The number of para-hydroxylation sites is 10. The maximum atomic E-state index is 6.88. The molecule has 0 amide bonds. The van der Waals surface area contributed by atoms with Crippen molar-refractivity contribution in [1.29, 1.82) is 0 Å². The van der Waals surface area contributed by atoms with Crippen LogP contribution in [0.2, 0.25) is 0 Å². The first kappa shape index (κ1) is 64.1. The molecule has 0 saturated heterocycles. The maximum Gasteiger partial charge on any atom is 0.161 e. The standard InChI is InChI=1S/C54H34N2O2.C50H32N2O2/c1-2-15-38(16-3-1)56-48-24-8-6-19-46(48)54-51(56)47-23-11-21-43(52(47)58-54)37-29-33-40(34-30-37)55(49-25-12-22-45-44-18-7-9-26-50(44)57-53(45)49)39-31-27-36(28-32-39)42-20-10-14-35-13-4-5-17-41(35)42;1-3-13-33(14-4-1)34-25-29-37(30-26-34)51(45-23-12-20-41-40-17-8-10-24-46(40)53-49(41)45)38-31-27-35(28-32-38)39-19-11-21-43-47-50(54-48(39)43)42-18-7-9-22-44(42)52(47)36-15-5-2-6-16-36/h1-34H;1-32H. The molecule has 0 spiro atoms. The normalized spacial score (nSPS) is 11.8. The van der Waals surface area contributed by atoms with Crippen LogP contribution in [-0.2, 0) is 0 Å². The number of nitrogens with zero attached hydrogens (tertiary/aromatic N) is 4. The molecule has 0 aliphatic heterocycles. The van der Waals surface area contributed by atoms with Crippen molar-refractivity contribution in [2.24, 2.45) is 0 Å². The van der Waals surface area contributed by atoms with E-state index in [1.54, 1.807) is 0 Å². The summed E-state index contributed by atoms with van der Waals surface area (Å²) in [6, 6.07) is 141. The number of anilines is 6. The summed E-state index contributed by atoms with van der Waals surface area (Å²) in [4.78, 5) is 4.60. The van der Waals surface area contributed by atoms with Crippen LogP contribution in [0.15, 0.2) is 418 Å². The molecule has 17 aromatic carbocycles. The Labute approximate surface area is 643 Å². The van der Waals surface area contributed by atoms with Crippen molar-refractivity contribution in [3.05, 3.63) is 400 Å². The third-order valence-electron chi connectivity index (χ3n) is 22.2. The number of benzene rings is 17. The minimum Gasteiger partial charge on any atom is -0.454 e. The van der Waals surface area contributed by atoms with Gasteiger partial charge in [0.05, 0.1) is 22.4 Å². The van der Waals surface area contributed by atoms with Gasteiger partial charge in [-0.25, -0.2) is 0 Å². The van der Waals surface area contributed by atoms with Gasteiger partial charge in [0.2, 0.25) is 0 Å². The number of rotatable bonds is 12. The molecule has 0 fully saturated rings. The van der Waals surface area contributed by atoms with Crippen molar-refractivity contribution in [1.82, 2.24) is 9.13 Å². The predicted molar refractivity (Wildman–Crippen MR) is 464 cm³/mol. The molecule has 0 unspecified atom stereocenters. The van der Waals surface area contributed by atoms with Crippen LogP contribution in [0.3, 0.4) is 0 Å². The van der Waals surface area contributed by atoms with Crippen molar-refractivity contribution in [3.63, 3.8) is 0 Å². The second kappa shape index (κ2) is 26.4. The molecule has 23 aromatic rings. The molecule has 0 N–H and O–H groups in total. The first-order chi connectivity index (χ1) is 55.6. The lowest BCUT2D eigenvalue weighted by atomic mass is 9.98. The quantitative estimate of drug-likeness (QED) is 0.121. The number of hydrogen-bond acceptors (Lipinski definition) is 6. The van der Waals surface area contributed by atoms with E-state index in [1.807, 2.05) is 24.3 Å². The van der Waals surface area contributed by atoms with Gasteiger partial charge in [0.1, 0.15) is 33.4 Å². The molecule has 112 heavy (non-hydrogen) atoms. The van der Waals surface area contributed by atoms with E-state index in [1.165, 1.54) is 33.0 Å². The van der Waals surface area contributed by atoms with Crippen LogP contribution >= 0.6 is 0 Å². The van der Waals surface area contributed by atoms with Crippen molar-refractivity contribution >= 4 is 155 Å². The first-order valence-electron chi connectivity index (χ1n) is 37.9. The predicted octanol–water partition coefficient (Wildman–Crippen LogP) is 29.6. The Bertz CT molecular complexity index is 7530. The molecule has 23 rings (SSSR count). The Morgan fingerprint density at radius 1 is 0.188 bits per heavy atom. The van der Waals surface area contributed by atoms with E-state index in [0.717, 1.165) is 178 Å². The van der Waals surface area contributed by atoms with Crippen LogP contribution in [0.4, 0.5) is 34.1 Å². The first-order valence-corrected chi connectivity index (χ1v) is 37.9. The minimum atomic E-state index is 0.851. The Kier molecular flexibility index (Phi) is 15.1. The summed E-state index contributed by atoms with van der Waals surface area (Å²) >= 11 is 0. The summed E-state index contributed by atoms with van der Waals surface area (Å²) in [5.74, 6) is 0. The number of furan rings is 4. The highest BCUT2D eigenvalue weighted by Gasteiger charge is 2.27. The second-order valence-corrected chi connectivity index (χ2v) is 28.6. The van der Waals surface area contributed by atoms with Crippen LogP contribution in [-0.4, -0.2) is 9.13 Å². The van der Waals surface area contributed by atoms with E-state index in [2.05, 4.69) is 395 Å². The van der Waals surface area contributed by atoms with Gasteiger partial charge in [0, 0.05) is 88.3 Å². The van der Waals surface area contributed by atoms with E-state index >= 15 is 0 Å². The smallest absolute Gasteiger partial charge is 0.161 e.